The van der Waals surface area contributed by atoms with Crippen molar-refractivity contribution in [3.05, 3.63) is 0 Å². The standard InChI is InChI=1S/C11H22N2O3/c1-2-3-10(14)8-12-9-11(15)13-4-6-16-7-5-13/h10,12,14H,2-9H2,1H3. The van der Waals surface area contributed by atoms with Gasteiger partial charge in [0, 0.05) is 19.6 Å². The number of hydrogen-bond acceptors (Lipinski definition) is 4. The van der Waals surface area contributed by atoms with E-state index in [1.165, 1.54) is 0 Å². The van der Waals surface area contributed by atoms with Crippen LogP contribution in [0.4, 0.5) is 0 Å². The summed E-state index contributed by atoms with van der Waals surface area (Å²) in [6, 6.07) is 0. The summed E-state index contributed by atoms with van der Waals surface area (Å²) in [4.78, 5) is 13.5. The van der Waals surface area contributed by atoms with Crippen LogP contribution in [0.3, 0.4) is 0 Å². The van der Waals surface area contributed by atoms with Crippen molar-refractivity contribution in [3.8, 4) is 0 Å². The van der Waals surface area contributed by atoms with Gasteiger partial charge in [0.2, 0.25) is 5.91 Å². The summed E-state index contributed by atoms with van der Waals surface area (Å²) < 4.78 is 5.17. The average molecular weight is 230 g/mol. The molecule has 1 saturated heterocycles. The first-order valence-electron chi connectivity index (χ1n) is 5.98. The Morgan fingerprint density at radius 1 is 1.50 bits per heavy atom. The van der Waals surface area contributed by atoms with Gasteiger partial charge in [-0.3, -0.25) is 4.79 Å². The normalized spacial score (nSPS) is 18.5. The summed E-state index contributed by atoms with van der Waals surface area (Å²) in [5, 5.41) is 12.5. The minimum Gasteiger partial charge on any atom is -0.392 e. The summed E-state index contributed by atoms with van der Waals surface area (Å²) in [6.07, 6.45) is 1.39. The number of ether oxygens (including phenoxy) is 1. The second-order valence-corrected chi connectivity index (χ2v) is 4.07. The first-order valence-corrected chi connectivity index (χ1v) is 5.98. The maximum absolute atomic E-state index is 11.7. The van der Waals surface area contributed by atoms with Crippen LogP contribution >= 0.6 is 0 Å². The quantitative estimate of drug-likeness (QED) is 0.651. The number of morpholine rings is 1. The first-order chi connectivity index (χ1) is 7.74. The van der Waals surface area contributed by atoms with Gasteiger partial charge in [-0.25, -0.2) is 0 Å². The Morgan fingerprint density at radius 3 is 2.81 bits per heavy atom. The van der Waals surface area contributed by atoms with Gasteiger partial charge in [-0.2, -0.15) is 0 Å². The summed E-state index contributed by atoms with van der Waals surface area (Å²) in [6.45, 7) is 5.44. The van der Waals surface area contributed by atoms with Gasteiger partial charge in [-0.1, -0.05) is 13.3 Å². The molecule has 0 saturated carbocycles. The van der Waals surface area contributed by atoms with Gasteiger partial charge in [0.05, 0.1) is 25.9 Å². The number of aliphatic hydroxyl groups excluding tert-OH is 1. The third-order valence-electron chi connectivity index (χ3n) is 2.64. The van der Waals surface area contributed by atoms with E-state index in [4.69, 9.17) is 4.74 Å². The fraction of sp³-hybridized carbons (Fsp3) is 0.909. The second-order valence-electron chi connectivity index (χ2n) is 4.07. The molecular weight excluding hydrogens is 208 g/mol. The molecule has 1 aliphatic rings. The summed E-state index contributed by atoms with van der Waals surface area (Å²) in [5.74, 6) is 0.0898. The minimum atomic E-state index is -0.345. The number of carbonyl (C=O) groups is 1. The van der Waals surface area contributed by atoms with E-state index >= 15 is 0 Å². The molecule has 1 amide bonds. The van der Waals surface area contributed by atoms with Gasteiger partial charge < -0.3 is 20.1 Å². The van der Waals surface area contributed by atoms with Crippen LogP contribution in [0.25, 0.3) is 0 Å². The van der Waals surface area contributed by atoms with Crippen LogP contribution in [-0.2, 0) is 9.53 Å². The van der Waals surface area contributed by atoms with Gasteiger partial charge in [0.15, 0.2) is 0 Å². The third kappa shape index (κ3) is 4.92. The van der Waals surface area contributed by atoms with Crippen LogP contribution in [0.15, 0.2) is 0 Å². The predicted octanol–water partition coefficient (Wildman–Crippen LogP) is -0.404. The monoisotopic (exact) mass is 230 g/mol. The lowest BCUT2D eigenvalue weighted by molar-refractivity contribution is -0.134. The highest BCUT2D eigenvalue weighted by Crippen LogP contribution is 1.97. The molecule has 1 rings (SSSR count). The van der Waals surface area contributed by atoms with E-state index in [1.54, 1.807) is 4.90 Å². The smallest absolute Gasteiger partial charge is 0.236 e. The molecule has 0 aromatic heterocycles. The Labute approximate surface area is 96.8 Å². The molecule has 1 aliphatic heterocycles. The maximum atomic E-state index is 11.7. The van der Waals surface area contributed by atoms with E-state index in [0.29, 0.717) is 39.4 Å². The first kappa shape index (κ1) is 13.4. The van der Waals surface area contributed by atoms with Crippen LogP contribution in [0.2, 0.25) is 0 Å². The topological polar surface area (TPSA) is 61.8 Å². The molecule has 0 radical (unpaired) electrons. The fourth-order valence-corrected chi connectivity index (χ4v) is 1.71. The number of carbonyl (C=O) groups excluding carboxylic acids is 1. The number of nitrogens with one attached hydrogen (secondary N) is 1. The molecular formula is C11H22N2O3. The molecule has 1 heterocycles. The molecule has 1 atom stereocenters. The number of nitrogens with zero attached hydrogens (tertiary/aromatic N) is 1. The molecule has 0 aliphatic carbocycles. The van der Waals surface area contributed by atoms with Crippen molar-refractivity contribution in [1.82, 2.24) is 10.2 Å². The van der Waals surface area contributed by atoms with Gasteiger partial charge >= 0.3 is 0 Å². The summed E-state index contributed by atoms with van der Waals surface area (Å²) >= 11 is 0. The minimum absolute atomic E-state index is 0.0898. The van der Waals surface area contributed by atoms with Crippen molar-refractivity contribution in [2.45, 2.75) is 25.9 Å². The third-order valence-corrected chi connectivity index (χ3v) is 2.64. The average Bonchev–Trinajstić information content (AvgIpc) is 2.30. The zero-order chi connectivity index (χ0) is 11.8. The lowest BCUT2D eigenvalue weighted by atomic mass is 10.2. The number of amides is 1. The Morgan fingerprint density at radius 2 is 2.19 bits per heavy atom. The highest BCUT2D eigenvalue weighted by molar-refractivity contribution is 5.78. The van der Waals surface area contributed by atoms with E-state index in [9.17, 15) is 9.90 Å². The SMILES string of the molecule is CCCC(O)CNCC(=O)N1CCOCC1. The van der Waals surface area contributed by atoms with Crippen molar-refractivity contribution < 1.29 is 14.6 Å². The van der Waals surface area contributed by atoms with E-state index in [2.05, 4.69) is 5.32 Å². The molecule has 0 bridgehead atoms. The molecule has 0 spiro atoms. The van der Waals surface area contributed by atoms with Crippen LogP contribution in [0.5, 0.6) is 0 Å². The lowest BCUT2D eigenvalue weighted by Crippen LogP contribution is -2.45. The van der Waals surface area contributed by atoms with Gasteiger partial charge in [-0.15, -0.1) is 0 Å². The Bertz CT molecular complexity index is 205. The van der Waals surface area contributed by atoms with Crippen LogP contribution in [0.1, 0.15) is 19.8 Å². The maximum Gasteiger partial charge on any atom is 0.236 e. The zero-order valence-corrected chi connectivity index (χ0v) is 9.95. The largest absolute Gasteiger partial charge is 0.392 e. The van der Waals surface area contributed by atoms with Crippen LogP contribution in [-0.4, -0.2) is 61.4 Å². The Hall–Kier alpha value is -0.650. The van der Waals surface area contributed by atoms with Crippen molar-refractivity contribution in [1.29, 1.82) is 0 Å². The number of aliphatic hydroxyl groups is 1. The van der Waals surface area contributed by atoms with Crippen LogP contribution in [0, 0.1) is 0 Å². The lowest BCUT2D eigenvalue weighted by Gasteiger charge is -2.27. The van der Waals surface area contributed by atoms with Gasteiger partial charge in [-0.05, 0) is 6.42 Å². The molecule has 1 fully saturated rings. The van der Waals surface area contributed by atoms with Gasteiger partial charge in [0.25, 0.3) is 0 Å². The molecule has 0 aromatic rings. The van der Waals surface area contributed by atoms with Gasteiger partial charge in [0.1, 0.15) is 0 Å². The summed E-state index contributed by atoms with van der Waals surface area (Å²) in [5.41, 5.74) is 0. The molecule has 5 nitrogen and oxygen atoms in total. The van der Waals surface area contributed by atoms with E-state index in [1.807, 2.05) is 6.92 Å². The number of rotatable bonds is 6. The van der Waals surface area contributed by atoms with Crippen molar-refractivity contribution in [2.24, 2.45) is 0 Å². The molecule has 2 N–H and O–H groups in total. The molecule has 16 heavy (non-hydrogen) atoms. The van der Waals surface area contributed by atoms with E-state index in [-0.39, 0.29) is 12.0 Å². The second kappa shape index (κ2) is 7.60. The number of hydrogen-bond donors (Lipinski definition) is 2. The Kier molecular flexibility index (Phi) is 6.37. The zero-order valence-electron chi connectivity index (χ0n) is 9.95. The molecule has 0 aromatic carbocycles. The van der Waals surface area contributed by atoms with Crippen LogP contribution < -0.4 is 5.32 Å². The predicted molar refractivity (Wildman–Crippen MR) is 61.2 cm³/mol. The summed E-state index contributed by atoms with van der Waals surface area (Å²) in [7, 11) is 0. The highest BCUT2D eigenvalue weighted by Gasteiger charge is 2.16. The van der Waals surface area contributed by atoms with Crippen molar-refractivity contribution in [2.75, 3.05) is 39.4 Å². The van der Waals surface area contributed by atoms with E-state index in [0.717, 1.165) is 12.8 Å². The molecule has 5 heteroatoms. The Balaban J connectivity index is 2.09. The molecule has 1 unspecified atom stereocenters. The fourth-order valence-electron chi connectivity index (χ4n) is 1.71. The molecule has 94 valence electrons. The van der Waals surface area contributed by atoms with E-state index < -0.39 is 0 Å². The van der Waals surface area contributed by atoms with Crippen molar-refractivity contribution in [3.63, 3.8) is 0 Å². The van der Waals surface area contributed by atoms with Crippen molar-refractivity contribution >= 4 is 5.91 Å². The highest BCUT2D eigenvalue weighted by atomic mass is 16.5.